The van der Waals surface area contributed by atoms with Crippen LogP contribution in [0.2, 0.25) is 0 Å². The molecule has 0 saturated carbocycles. The Hall–Kier alpha value is -2.70. The highest BCUT2D eigenvalue weighted by molar-refractivity contribution is 5.92. The van der Waals surface area contributed by atoms with Crippen LogP contribution < -0.4 is 9.80 Å². The Morgan fingerprint density at radius 2 is 1.67 bits per heavy atom. The molecular formula is C20H28N6O. The van der Waals surface area contributed by atoms with Gasteiger partial charge < -0.3 is 14.7 Å². The zero-order chi connectivity index (χ0) is 19.1. The largest absolute Gasteiger partial charge is 0.370 e. The summed E-state index contributed by atoms with van der Waals surface area (Å²) in [6.07, 6.45) is 7.50. The van der Waals surface area contributed by atoms with Crippen molar-refractivity contribution in [3.63, 3.8) is 0 Å². The number of rotatable bonds is 7. The number of anilines is 2. The van der Waals surface area contributed by atoms with E-state index in [1.54, 1.807) is 18.5 Å². The van der Waals surface area contributed by atoms with Gasteiger partial charge in [0.1, 0.15) is 5.69 Å². The second-order valence-corrected chi connectivity index (χ2v) is 6.72. The molecule has 0 atom stereocenters. The molecule has 0 unspecified atom stereocenters. The zero-order valence-electron chi connectivity index (χ0n) is 16.2. The van der Waals surface area contributed by atoms with Gasteiger partial charge in [0.15, 0.2) is 0 Å². The van der Waals surface area contributed by atoms with Crippen molar-refractivity contribution in [3.8, 4) is 0 Å². The molecule has 3 rings (SSSR count). The van der Waals surface area contributed by atoms with Gasteiger partial charge >= 0.3 is 0 Å². The van der Waals surface area contributed by atoms with Gasteiger partial charge in [0.2, 0.25) is 5.95 Å². The van der Waals surface area contributed by atoms with E-state index in [0.29, 0.717) is 18.8 Å². The summed E-state index contributed by atoms with van der Waals surface area (Å²) in [5, 5.41) is 0. The number of pyridine rings is 1. The maximum atomic E-state index is 12.8. The first-order chi connectivity index (χ1) is 13.2. The van der Waals surface area contributed by atoms with Crippen molar-refractivity contribution >= 4 is 17.5 Å². The Kier molecular flexibility index (Phi) is 6.57. The predicted octanol–water partition coefficient (Wildman–Crippen LogP) is 2.46. The van der Waals surface area contributed by atoms with Crippen LogP contribution in [0.15, 0.2) is 36.8 Å². The molecule has 1 aliphatic heterocycles. The number of nitrogens with zero attached hydrogens (tertiary/aromatic N) is 6. The molecule has 1 saturated heterocycles. The Morgan fingerprint density at radius 3 is 2.22 bits per heavy atom. The SMILES string of the molecule is CCCN(CCC)c1ccc(C(=O)N2CCN(c3ncccn3)CC2)nc1. The molecule has 0 bridgehead atoms. The number of hydrogen-bond acceptors (Lipinski definition) is 6. The van der Waals surface area contributed by atoms with Gasteiger partial charge in [-0.05, 0) is 31.0 Å². The molecule has 144 valence electrons. The minimum atomic E-state index is -0.00675. The van der Waals surface area contributed by atoms with Crippen molar-refractivity contribution in [2.24, 2.45) is 0 Å². The Labute approximate surface area is 161 Å². The van der Waals surface area contributed by atoms with Crippen molar-refractivity contribution in [2.75, 3.05) is 49.1 Å². The molecule has 3 heterocycles. The van der Waals surface area contributed by atoms with E-state index >= 15 is 0 Å². The summed E-state index contributed by atoms with van der Waals surface area (Å²) in [5.74, 6) is 0.715. The maximum absolute atomic E-state index is 12.8. The van der Waals surface area contributed by atoms with Crippen LogP contribution in [0, 0.1) is 0 Å². The second-order valence-electron chi connectivity index (χ2n) is 6.72. The van der Waals surface area contributed by atoms with E-state index in [4.69, 9.17) is 0 Å². The standard InChI is InChI=1S/C20H28N6O/c1-3-10-24(11-4-2)17-6-7-18(23-16-17)19(27)25-12-14-26(15-13-25)20-21-8-5-9-22-20/h5-9,16H,3-4,10-15H2,1-2H3. The van der Waals surface area contributed by atoms with Crippen molar-refractivity contribution in [1.29, 1.82) is 0 Å². The van der Waals surface area contributed by atoms with E-state index in [1.165, 1.54) is 0 Å². The fourth-order valence-corrected chi connectivity index (χ4v) is 3.34. The fourth-order valence-electron chi connectivity index (χ4n) is 3.34. The van der Waals surface area contributed by atoms with Crippen molar-refractivity contribution in [3.05, 3.63) is 42.5 Å². The normalized spacial score (nSPS) is 14.3. The Balaban J connectivity index is 1.60. The lowest BCUT2D eigenvalue weighted by molar-refractivity contribution is 0.0740. The topological polar surface area (TPSA) is 65.5 Å². The van der Waals surface area contributed by atoms with E-state index in [9.17, 15) is 4.79 Å². The molecule has 0 aliphatic carbocycles. The third kappa shape index (κ3) is 4.72. The van der Waals surface area contributed by atoms with Gasteiger partial charge in [-0.15, -0.1) is 0 Å². The summed E-state index contributed by atoms with van der Waals surface area (Å²) in [6, 6.07) is 5.67. The third-order valence-electron chi connectivity index (χ3n) is 4.72. The van der Waals surface area contributed by atoms with Crippen LogP contribution in [0.3, 0.4) is 0 Å². The lowest BCUT2D eigenvalue weighted by Crippen LogP contribution is -2.49. The molecule has 1 amide bonds. The molecular weight excluding hydrogens is 340 g/mol. The van der Waals surface area contributed by atoms with Gasteiger partial charge in [-0.3, -0.25) is 4.79 Å². The molecule has 0 aromatic carbocycles. The molecule has 27 heavy (non-hydrogen) atoms. The van der Waals surface area contributed by atoms with Gasteiger partial charge in [-0.1, -0.05) is 13.8 Å². The number of hydrogen-bond donors (Lipinski definition) is 0. The zero-order valence-corrected chi connectivity index (χ0v) is 16.2. The third-order valence-corrected chi connectivity index (χ3v) is 4.72. The van der Waals surface area contributed by atoms with E-state index < -0.39 is 0 Å². The molecule has 0 N–H and O–H groups in total. The highest BCUT2D eigenvalue weighted by Crippen LogP contribution is 2.16. The predicted molar refractivity (Wildman–Crippen MR) is 107 cm³/mol. The lowest BCUT2D eigenvalue weighted by Gasteiger charge is -2.34. The number of aromatic nitrogens is 3. The van der Waals surface area contributed by atoms with Crippen LogP contribution >= 0.6 is 0 Å². The number of carbonyl (C=O) groups is 1. The van der Waals surface area contributed by atoms with Gasteiger partial charge in [-0.2, -0.15) is 0 Å². The van der Waals surface area contributed by atoms with Gasteiger partial charge in [0, 0.05) is 51.7 Å². The molecule has 2 aromatic rings. The minimum absolute atomic E-state index is 0.00675. The van der Waals surface area contributed by atoms with E-state index in [0.717, 1.165) is 50.7 Å². The van der Waals surface area contributed by atoms with Gasteiger partial charge in [0.25, 0.3) is 5.91 Å². The number of piperazine rings is 1. The second kappa shape index (κ2) is 9.30. The fraction of sp³-hybridized carbons (Fsp3) is 0.500. The first-order valence-electron chi connectivity index (χ1n) is 9.75. The molecule has 7 nitrogen and oxygen atoms in total. The van der Waals surface area contributed by atoms with Crippen LogP contribution in [-0.4, -0.2) is 65.0 Å². The molecule has 1 fully saturated rings. The quantitative estimate of drug-likeness (QED) is 0.748. The Morgan fingerprint density at radius 1 is 1.00 bits per heavy atom. The molecule has 2 aromatic heterocycles. The Bertz CT molecular complexity index is 707. The summed E-state index contributed by atoms with van der Waals surface area (Å²) in [5.41, 5.74) is 1.59. The summed E-state index contributed by atoms with van der Waals surface area (Å²) in [6.45, 7) is 9.13. The van der Waals surface area contributed by atoms with Crippen LogP contribution in [-0.2, 0) is 0 Å². The average Bonchev–Trinajstić information content (AvgIpc) is 2.74. The molecule has 0 radical (unpaired) electrons. The van der Waals surface area contributed by atoms with Crippen molar-refractivity contribution < 1.29 is 4.79 Å². The molecule has 7 heteroatoms. The van der Waals surface area contributed by atoms with Gasteiger partial charge in [-0.25, -0.2) is 15.0 Å². The highest BCUT2D eigenvalue weighted by Gasteiger charge is 2.24. The molecule has 0 spiro atoms. The summed E-state index contributed by atoms with van der Waals surface area (Å²) < 4.78 is 0. The first-order valence-corrected chi connectivity index (χ1v) is 9.75. The summed E-state index contributed by atoms with van der Waals surface area (Å²) in [4.78, 5) is 32.1. The van der Waals surface area contributed by atoms with Crippen LogP contribution in [0.1, 0.15) is 37.2 Å². The van der Waals surface area contributed by atoms with E-state index in [1.807, 2.05) is 23.2 Å². The van der Waals surface area contributed by atoms with E-state index in [2.05, 4.69) is 38.6 Å². The lowest BCUT2D eigenvalue weighted by atomic mass is 10.2. The maximum Gasteiger partial charge on any atom is 0.272 e. The average molecular weight is 368 g/mol. The van der Waals surface area contributed by atoms with Crippen LogP contribution in [0.25, 0.3) is 0 Å². The smallest absolute Gasteiger partial charge is 0.272 e. The summed E-state index contributed by atoms with van der Waals surface area (Å²) >= 11 is 0. The highest BCUT2D eigenvalue weighted by atomic mass is 16.2. The van der Waals surface area contributed by atoms with Gasteiger partial charge in [0.05, 0.1) is 11.9 Å². The van der Waals surface area contributed by atoms with Crippen LogP contribution in [0.4, 0.5) is 11.6 Å². The van der Waals surface area contributed by atoms with Crippen molar-refractivity contribution in [1.82, 2.24) is 19.9 Å². The van der Waals surface area contributed by atoms with Crippen LogP contribution in [0.5, 0.6) is 0 Å². The summed E-state index contributed by atoms with van der Waals surface area (Å²) in [7, 11) is 0. The number of amides is 1. The minimum Gasteiger partial charge on any atom is -0.370 e. The molecule has 1 aliphatic rings. The van der Waals surface area contributed by atoms with E-state index in [-0.39, 0.29) is 5.91 Å². The first kappa shape index (κ1) is 19.1. The number of carbonyl (C=O) groups excluding carboxylic acids is 1. The monoisotopic (exact) mass is 368 g/mol. The van der Waals surface area contributed by atoms with Crippen molar-refractivity contribution in [2.45, 2.75) is 26.7 Å².